The van der Waals surface area contributed by atoms with Crippen LogP contribution in [0.5, 0.6) is 0 Å². The first kappa shape index (κ1) is 14.8. The zero-order valence-electron chi connectivity index (χ0n) is 11.1. The Kier molecular flexibility index (Phi) is 4.11. The molecule has 0 saturated carbocycles. The molecule has 0 bridgehead atoms. The molecule has 0 fully saturated rings. The summed E-state index contributed by atoms with van der Waals surface area (Å²) in [5.74, 6) is -3.93. The van der Waals surface area contributed by atoms with Crippen LogP contribution < -0.4 is 5.32 Å². The molecule has 1 unspecified atom stereocenters. The molecule has 1 heterocycles. The van der Waals surface area contributed by atoms with Gasteiger partial charge >= 0.3 is 0 Å². The number of carbonyl (C=O) groups is 3. The van der Waals surface area contributed by atoms with E-state index >= 15 is 0 Å². The fraction of sp³-hybridized carbons (Fsp3) is 0.214. The Labute approximate surface area is 119 Å². The van der Waals surface area contributed by atoms with Crippen LogP contribution in [0.2, 0.25) is 0 Å². The minimum atomic E-state index is -1.07. The number of amides is 1. The second-order valence-electron chi connectivity index (χ2n) is 4.64. The quantitative estimate of drug-likeness (QED) is 0.667. The van der Waals surface area contributed by atoms with E-state index in [4.69, 9.17) is 0 Å². The average molecular weight is 294 g/mol. The fourth-order valence-corrected chi connectivity index (χ4v) is 2.04. The predicted molar refractivity (Wildman–Crippen MR) is 70.3 cm³/mol. The SMILES string of the molecule is CN1CC(C(=O)C=O)C=C1C(=O)Nc1ccc(F)c(F)c1. The molecule has 7 heteroatoms. The summed E-state index contributed by atoms with van der Waals surface area (Å²) >= 11 is 0. The maximum absolute atomic E-state index is 13.1. The van der Waals surface area contributed by atoms with Crippen LogP contribution in [0.4, 0.5) is 14.5 Å². The number of likely N-dealkylation sites (N-methyl/N-ethyl adjacent to an activating group) is 1. The molecule has 1 aliphatic heterocycles. The largest absolute Gasteiger partial charge is 0.369 e. The van der Waals surface area contributed by atoms with Crippen molar-refractivity contribution in [2.75, 3.05) is 18.9 Å². The molecule has 0 spiro atoms. The van der Waals surface area contributed by atoms with Crippen molar-refractivity contribution in [3.05, 3.63) is 41.6 Å². The lowest BCUT2D eigenvalue weighted by Crippen LogP contribution is -2.27. The van der Waals surface area contributed by atoms with Crippen LogP contribution in [0, 0.1) is 17.6 Å². The molecular formula is C14H12F2N2O3. The average Bonchev–Trinajstić information content (AvgIpc) is 2.84. The van der Waals surface area contributed by atoms with Crippen LogP contribution >= 0.6 is 0 Å². The zero-order chi connectivity index (χ0) is 15.6. The second kappa shape index (κ2) is 5.82. The van der Waals surface area contributed by atoms with Gasteiger partial charge in [-0.25, -0.2) is 8.78 Å². The number of anilines is 1. The van der Waals surface area contributed by atoms with Gasteiger partial charge in [-0.1, -0.05) is 0 Å². The number of carbonyl (C=O) groups excluding carboxylic acids is 3. The Morgan fingerprint density at radius 2 is 2.05 bits per heavy atom. The van der Waals surface area contributed by atoms with Gasteiger partial charge in [0, 0.05) is 25.3 Å². The van der Waals surface area contributed by atoms with Crippen LogP contribution in [0.3, 0.4) is 0 Å². The number of halogens is 2. The highest BCUT2D eigenvalue weighted by Gasteiger charge is 2.29. The first-order valence-corrected chi connectivity index (χ1v) is 6.10. The highest BCUT2D eigenvalue weighted by molar-refractivity contribution is 6.27. The summed E-state index contributed by atoms with van der Waals surface area (Å²) in [6, 6.07) is 2.98. The van der Waals surface area contributed by atoms with E-state index in [0.717, 1.165) is 12.1 Å². The lowest BCUT2D eigenvalue weighted by molar-refractivity contribution is -0.131. The number of benzene rings is 1. The third-order valence-corrected chi connectivity index (χ3v) is 3.13. The molecule has 1 aromatic carbocycles. The Hall–Kier alpha value is -2.57. The minimum absolute atomic E-state index is 0.0957. The molecule has 1 aliphatic rings. The smallest absolute Gasteiger partial charge is 0.271 e. The number of aldehydes is 1. The summed E-state index contributed by atoms with van der Waals surface area (Å²) in [6.45, 7) is 0.220. The van der Waals surface area contributed by atoms with Crippen molar-refractivity contribution in [1.82, 2.24) is 4.90 Å². The molecule has 2 rings (SSSR count). The Morgan fingerprint density at radius 3 is 2.67 bits per heavy atom. The Morgan fingerprint density at radius 1 is 1.33 bits per heavy atom. The number of ketones is 1. The lowest BCUT2D eigenvalue weighted by atomic mass is 10.1. The maximum atomic E-state index is 13.1. The lowest BCUT2D eigenvalue weighted by Gasteiger charge is -2.16. The molecular weight excluding hydrogens is 282 g/mol. The normalized spacial score (nSPS) is 17.4. The molecule has 1 atom stereocenters. The van der Waals surface area contributed by atoms with E-state index in [0.29, 0.717) is 0 Å². The zero-order valence-corrected chi connectivity index (χ0v) is 11.1. The van der Waals surface area contributed by atoms with E-state index in [1.807, 2.05) is 0 Å². The van der Waals surface area contributed by atoms with E-state index < -0.39 is 29.2 Å². The van der Waals surface area contributed by atoms with Gasteiger partial charge in [-0.2, -0.15) is 0 Å². The van der Waals surface area contributed by atoms with E-state index in [1.54, 1.807) is 7.05 Å². The standard InChI is InChI=1S/C14H12F2N2O3/c1-18-6-8(13(20)7-19)4-12(18)14(21)17-9-2-3-10(15)11(16)5-9/h2-5,7-8H,6H2,1H3,(H,17,21). The summed E-state index contributed by atoms with van der Waals surface area (Å²) in [6.07, 6.45) is 1.59. The number of hydrogen-bond acceptors (Lipinski definition) is 4. The van der Waals surface area contributed by atoms with Crippen molar-refractivity contribution in [2.24, 2.45) is 5.92 Å². The predicted octanol–water partition coefficient (Wildman–Crippen LogP) is 1.12. The first-order chi connectivity index (χ1) is 9.92. The number of nitrogens with zero attached hydrogens (tertiary/aromatic N) is 1. The summed E-state index contributed by atoms with van der Waals surface area (Å²) in [7, 11) is 1.59. The first-order valence-electron chi connectivity index (χ1n) is 6.10. The van der Waals surface area contributed by atoms with Gasteiger partial charge in [-0.15, -0.1) is 0 Å². The van der Waals surface area contributed by atoms with Gasteiger partial charge < -0.3 is 10.2 Å². The summed E-state index contributed by atoms with van der Waals surface area (Å²) < 4.78 is 25.9. The van der Waals surface area contributed by atoms with E-state index in [9.17, 15) is 23.2 Å². The van der Waals surface area contributed by atoms with Crippen molar-refractivity contribution in [2.45, 2.75) is 0 Å². The van der Waals surface area contributed by atoms with Gasteiger partial charge in [-0.05, 0) is 18.2 Å². The van der Waals surface area contributed by atoms with Gasteiger partial charge in [0.15, 0.2) is 17.9 Å². The summed E-state index contributed by atoms with van der Waals surface area (Å²) in [5.41, 5.74) is 0.290. The molecule has 0 saturated heterocycles. The molecule has 0 aliphatic carbocycles. The molecule has 1 aromatic rings. The molecule has 5 nitrogen and oxygen atoms in total. The fourth-order valence-electron chi connectivity index (χ4n) is 2.04. The van der Waals surface area contributed by atoms with Crippen molar-refractivity contribution in [3.63, 3.8) is 0 Å². The summed E-state index contributed by atoms with van der Waals surface area (Å²) in [4.78, 5) is 35.3. The van der Waals surface area contributed by atoms with Gasteiger partial charge in [0.05, 0.1) is 11.6 Å². The highest BCUT2D eigenvalue weighted by Crippen LogP contribution is 2.21. The van der Waals surface area contributed by atoms with Crippen LogP contribution in [-0.4, -0.2) is 36.5 Å². The minimum Gasteiger partial charge on any atom is -0.369 e. The molecule has 110 valence electrons. The van der Waals surface area contributed by atoms with Crippen LogP contribution in [0.25, 0.3) is 0 Å². The highest BCUT2D eigenvalue weighted by atomic mass is 19.2. The van der Waals surface area contributed by atoms with Gasteiger partial charge in [0.25, 0.3) is 5.91 Å². The van der Waals surface area contributed by atoms with Gasteiger partial charge in [0.2, 0.25) is 5.78 Å². The molecule has 0 radical (unpaired) electrons. The maximum Gasteiger partial charge on any atom is 0.271 e. The van der Waals surface area contributed by atoms with Crippen molar-refractivity contribution in [3.8, 4) is 0 Å². The van der Waals surface area contributed by atoms with E-state index in [2.05, 4.69) is 5.32 Å². The Balaban J connectivity index is 2.14. The van der Waals surface area contributed by atoms with E-state index in [-0.39, 0.29) is 24.2 Å². The summed E-state index contributed by atoms with van der Waals surface area (Å²) in [5, 5.41) is 2.40. The van der Waals surface area contributed by atoms with E-state index in [1.165, 1.54) is 17.0 Å². The number of nitrogens with one attached hydrogen (secondary N) is 1. The number of rotatable bonds is 4. The number of Topliss-reactive ketones (excluding diaryl/α,β-unsaturated/α-hetero) is 1. The molecule has 0 aromatic heterocycles. The van der Waals surface area contributed by atoms with Gasteiger partial charge in [-0.3, -0.25) is 14.4 Å². The Bertz CT molecular complexity index is 643. The van der Waals surface area contributed by atoms with Crippen molar-refractivity contribution in [1.29, 1.82) is 0 Å². The molecule has 21 heavy (non-hydrogen) atoms. The molecule has 1 N–H and O–H groups in total. The molecule has 1 amide bonds. The van der Waals surface area contributed by atoms with Crippen molar-refractivity contribution >= 4 is 23.7 Å². The topological polar surface area (TPSA) is 66.5 Å². The van der Waals surface area contributed by atoms with Crippen LogP contribution in [0.15, 0.2) is 30.0 Å². The third-order valence-electron chi connectivity index (χ3n) is 3.13. The van der Waals surface area contributed by atoms with Crippen molar-refractivity contribution < 1.29 is 23.2 Å². The second-order valence-corrected chi connectivity index (χ2v) is 4.64. The monoisotopic (exact) mass is 294 g/mol. The number of hydrogen-bond donors (Lipinski definition) is 1. The van der Waals surface area contributed by atoms with Crippen LogP contribution in [0.1, 0.15) is 0 Å². The van der Waals surface area contributed by atoms with Crippen LogP contribution in [-0.2, 0) is 14.4 Å². The third kappa shape index (κ3) is 3.13. The van der Waals surface area contributed by atoms with Gasteiger partial charge in [0.1, 0.15) is 0 Å².